The maximum absolute atomic E-state index is 11.7. The molecule has 2 aliphatic rings. The number of carbonyl (C=O) groups excluding carboxylic acids is 1. The molecule has 2 N–H and O–H groups in total. The highest BCUT2D eigenvalue weighted by Crippen LogP contribution is 2.39. The van der Waals surface area contributed by atoms with Gasteiger partial charge in [0.15, 0.2) is 11.5 Å². The van der Waals surface area contributed by atoms with Gasteiger partial charge in [-0.05, 0) is 12.5 Å². The maximum Gasteiger partial charge on any atom is 0.307 e. The molecular formula is C13H13NO5. The number of hydrogen-bond donors (Lipinski definition) is 2. The Balaban J connectivity index is 1.60. The van der Waals surface area contributed by atoms with Gasteiger partial charge in [0.2, 0.25) is 12.7 Å². The summed E-state index contributed by atoms with van der Waals surface area (Å²) < 4.78 is 10.6. The topological polar surface area (TPSA) is 84.9 Å². The molecule has 0 bridgehead atoms. The van der Waals surface area contributed by atoms with E-state index < -0.39 is 17.8 Å². The van der Waals surface area contributed by atoms with Crippen LogP contribution in [-0.2, 0) is 16.1 Å². The third-order valence-corrected chi connectivity index (χ3v) is 3.38. The van der Waals surface area contributed by atoms with E-state index in [2.05, 4.69) is 5.32 Å². The van der Waals surface area contributed by atoms with Crippen molar-refractivity contribution in [3.05, 3.63) is 23.8 Å². The number of carboxylic acids is 1. The first-order chi connectivity index (χ1) is 9.16. The summed E-state index contributed by atoms with van der Waals surface area (Å²) in [5, 5.41) is 11.5. The van der Waals surface area contributed by atoms with Crippen molar-refractivity contribution in [3.8, 4) is 11.5 Å². The van der Waals surface area contributed by atoms with Gasteiger partial charge in [0, 0.05) is 12.1 Å². The molecule has 1 aliphatic heterocycles. The predicted octanol–water partition coefficient (Wildman–Crippen LogP) is 0.752. The van der Waals surface area contributed by atoms with Crippen LogP contribution in [0.4, 0.5) is 0 Å². The van der Waals surface area contributed by atoms with E-state index in [1.54, 1.807) is 6.07 Å². The van der Waals surface area contributed by atoms with Crippen LogP contribution >= 0.6 is 0 Å². The van der Waals surface area contributed by atoms with E-state index in [-0.39, 0.29) is 12.7 Å². The van der Waals surface area contributed by atoms with E-state index in [0.29, 0.717) is 24.5 Å². The van der Waals surface area contributed by atoms with Crippen molar-refractivity contribution in [2.24, 2.45) is 11.8 Å². The van der Waals surface area contributed by atoms with E-state index in [0.717, 1.165) is 5.56 Å². The molecule has 0 aromatic heterocycles. The van der Waals surface area contributed by atoms with Crippen LogP contribution in [0.5, 0.6) is 11.5 Å². The molecule has 1 aromatic rings. The number of para-hydroxylation sites is 1. The van der Waals surface area contributed by atoms with Crippen LogP contribution < -0.4 is 14.8 Å². The molecule has 2 unspecified atom stereocenters. The first kappa shape index (κ1) is 11.8. The van der Waals surface area contributed by atoms with Gasteiger partial charge in [-0.3, -0.25) is 9.59 Å². The van der Waals surface area contributed by atoms with Crippen LogP contribution in [0.25, 0.3) is 0 Å². The lowest BCUT2D eigenvalue weighted by molar-refractivity contribution is -0.140. The van der Waals surface area contributed by atoms with Gasteiger partial charge in [-0.2, -0.15) is 0 Å². The Morgan fingerprint density at radius 2 is 2.16 bits per heavy atom. The lowest BCUT2D eigenvalue weighted by Crippen LogP contribution is -2.26. The van der Waals surface area contributed by atoms with Crippen molar-refractivity contribution >= 4 is 11.9 Å². The molecule has 1 saturated carbocycles. The standard InChI is InChI=1S/C13H13NO5/c15-12(8-4-9(8)13(16)17)14-5-7-2-1-3-10-11(7)19-6-18-10/h1-3,8-9H,4-6H2,(H,14,15)(H,16,17). The highest BCUT2D eigenvalue weighted by atomic mass is 16.7. The van der Waals surface area contributed by atoms with Crippen LogP contribution in [0, 0.1) is 11.8 Å². The monoisotopic (exact) mass is 263 g/mol. The molecule has 6 heteroatoms. The summed E-state index contributed by atoms with van der Waals surface area (Å²) in [6.45, 7) is 0.498. The Kier molecular flexibility index (Phi) is 2.77. The summed E-state index contributed by atoms with van der Waals surface area (Å²) in [7, 11) is 0. The summed E-state index contributed by atoms with van der Waals surface area (Å²) in [5.41, 5.74) is 0.830. The largest absolute Gasteiger partial charge is 0.481 e. The Morgan fingerprint density at radius 1 is 1.32 bits per heavy atom. The van der Waals surface area contributed by atoms with Crippen LogP contribution in [-0.4, -0.2) is 23.8 Å². The van der Waals surface area contributed by atoms with E-state index in [1.165, 1.54) is 0 Å². The van der Waals surface area contributed by atoms with Crippen molar-refractivity contribution in [1.82, 2.24) is 5.32 Å². The maximum atomic E-state index is 11.7. The fraction of sp³-hybridized carbons (Fsp3) is 0.385. The average molecular weight is 263 g/mol. The van der Waals surface area contributed by atoms with Gasteiger partial charge in [-0.1, -0.05) is 12.1 Å². The third-order valence-electron chi connectivity index (χ3n) is 3.38. The van der Waals surface area contributed by atoms with Gasteiger partial charge in [-0.25, -0.2) is 0 Å². The zero-order valence-corrected chi connectivity index (χ0v) is 10.1. The lowest BCUT2D eigenvalue weighted by Gasteiger charge is -2.07. The molecule has 3 rings (SSSR count). The average Bonchev–Trinajstić information content (AvgIpc) is 3.06. The van der Waals surface area contributed by atoms with E-state index in [1.807, 2.05) is 12.1 Å². The first-order valence-corrected chi connectivity index (χ1v) is 6.05. The van der Waals surface area contributed by atoms with Crippen LogP contribution in [0.2, 0.25) is 0 Å². The van der Waals surface area contributed by atoms with Crippen molar-refractivity contribution in [1.29, 1.82) is 0 Å². The van der Waals surface area contributed by atoms with Crippen LogP contribution in [0.1, 0.15) is 12.0 Å². The number of carbonyl (C=O) groups is 2. The molecule has 1 aromatic carbocycles. The smallest absolute Gasteiger partial charge is 0.307 e. The molecule has 19 heavy (non-hydrogen) atoms. The number of nitrogens with one attached hydrogen (secondary N) is 1. The van der Waals surface area contributed by atoms with E-state index in [9.17, 15) is 9.59 Å². The molecule has 6 nitrogen and oxygen atoms in total. The Morgan fingerprint density at radius 3 is 2.89 bits per heavy atom. The molecule has 0 radical (unpaired) electrons. The van der Waals surface area contributed by atoms with Crippen molar-refractivity contribution in [2.75, 3.05) is 6.79 Å². The third kappa shape index (κ3) is 2.21. The van der Waals surface area contributed by atoms with Crippen LogP contribution in [0.3, 0.4) is 0 Å². The Bertz CT molecular complexity index is 542. The molecule has 1 aliphatic carbocycles. The summed E-state index contributed by atoms with van der Waals surface area (Å²) in [5.74, 6) is -0.733. The quantitative estimate of drug-likeness (QED) is 0.837. The number of benzene rings is 1. The minimum atomic E-state index is -0.905. The first-order valence-electron chi connectivity index (χ1n) is 6.05. The lowest BCUT2D eigenvalue weighted by atomic mass is 10.2. The van der Waals surface area contributed by atoms with E-state index in [4.69, 9.17) is 14.6 Å². The zero-order valence-electron chi connectivity index (χ0n) is 10.1. The number of carboxylic acid groups (broad SMARTS) is 1. The minimum Gasteiger partial charge on any atom is -0.481 e. The van der Waals surface area contributed by atoms with Gasteiger partial charge in [0.05, 0.1) is 11.8 Å². The number of ether oxygens (including phenoxy) is 2. The molecule has 1 heterocycles. The second kappa shape index (κ2) is 4.46. The summed E-state index contributed by atoms with van der Waals surface area (Å²) >= 11 is 0. The van der Waals surface area contributed by atoms with Gasteiger partial charge >= 0.3 is 5.97 Å². The fourth-order valence-electron chi connectivity index (χ4n) is 2.20. The number of aliphatic carboxylic acids is 1. The summed E-state index contributed by atoms with van der Waals surface area (Å²) in [6, 6.07) is 5.47. The molecule has 100 valence electrons. The second-order valence-electron chi connectivity index (χ2n) is 4.66. The van der Waals surface area contributed by atoms with E-state index >= 15 is 0 Å². The molecule has 0 saturated heterocycles. The number of amides is 1. The minimum absolute atomic E-state index is 0.185. The molecule has 1 amide bonds. The Labute approximate surface area is 109 Å². The van der Waals surface area contributed by atoms with Gasteiger partial charge < -0.3 is 19.9 Å². The Hall–Kier alpha value is -2.24. The predicted molar refractivity (Wildman–Crippen MR) is 63.6 cm³/mol. The summed E-state index contributed by atoms with van der Waals surface area (Å²) in [4.78, 5) is 22.4. The molecule has 0 spiro atoms. The normalized spacial score (nSPS) is 22.9. The highest BCUT2D eigenvalue weighted by Gasteiger charge is 2.48. The van der Waals surface area contributed by atoms with Crippen molar-refractivity contribution < 1.29 is 24.2 Å². The molecule has 2 atom stereocenters. The van der Waals surface area contributed by atoms with Crippen molar-refractivity contribution in [3.63, 3.8) is 0 Å². The molecule has 1 fully saturated rings. The fourth-order valence-corrected chi connectivity index (χ4v) is 2.20. The highest BCUT2D eigenvalue weighted by molar-refractivity contribution is 5.89. The SMILES string of the molecule is O=C(O)C1CC1C(=O)NCc1cccc2c1OCO2. The zero-order chi connectivity index (χ0) is 13.4. The molecular weight excluding hydrogens is 250 g/mol. The van der Waals surface area contributed by atoms with Gasteiger partial charge in [-0.15, -0.1) is 0 Å². The van der Waals surface area contributed by atoms with Crippen LogP contribution in [0.15, 0.2) is 18.2 Å². The van der Waals surface area contributed by atoms with Gasteiger partial charge in [0.1, 0.15) is 0 Å². The summed E-state index contributed by atoms with van der Waals surface area (Å²) in [6.07, 6.45) is 0.424. The van der Waals surface area contributed by atoms with Crippen molar-refractivity contribution in [2.45, 2.75) is 13.0 Å². The number of fused-ring (bicyclic) bond motifs is 1. The van der Waals surface area contributed by atoms with Gasteiger partial charge in [0.25, 0.3) is 0 Å². The number of hydrogen-bond acceptors (Lipinski definition) is 4. The number of rotatable bonds is 4. The second-order valence-corrected chi connectivity index (χ2v) is 4.66.